The average molecular weight is 559 g/mol. The Kier molecular flexibility index (Phi) is 7.58. The Bertz CT molecular complexity index is 1400. The average Bonchev–Trinajstić information content (AvgIpc) is 3.74. The summed E-state index contributed by atoms with van der Waals surface area (Å²) in [6.45, 7) is 0.280. The van der Waals surface area contributed by atoms with Crippen LogP contribution in [0, 0.1) is 0 Å². The van der Waals surface area contributed by atoms with Gasteiger partial charge in [-0.25, -0.2) is 0 Å². The molecule has 0 aromatic heterocycles. The first-order chi connectivity index (χ1) is 18.6. The first-order valence-electron chi connectivity index (χ1n) is 12.8. The van der Waals surface area contributed by atoms with Crippen LogP contribution in [0.2, 0.25) is 5.02 Å². The van der Waals surface area contributed by atoms with Crippen molar-refractivity contribution in [3.8, 4) is 17.2 Å². The highest BCUT2D eigenvalue weighted by atomic mass is 35.5. The third-order valence-electron chi connectivity index (χ3n) is 7.15. The van der Waals surface area contributed by atoms with Crippen molar-refractivity contribution in [3.05, 3.63) is 87.4 Å². The molecule has 5 rings (SSSR count). The van der Waals surface area contributed by atoms with Gasteiger partial charge in [-0.15, -0.1) is 0 Å². The number of hydrogen-bond donors (Lipinski definition) is 1. The Morgan fingerprint density at radius 1 is 1.00 bits per heavy atom. The van der Waals surface area contributed by atoms with E-state index in [1.54, 1.807) is 42.5 Å². The van der Waals surface area contributed by atoms with E-state index in [0.29, 0.717) is 47.6 Å². The van der Waals surface area contributed by atoms with Gasteiger partial charge in [0.05, 0.1) is 23.1 Å². The lowest BCUT2D eigenvalue weighted by Crippen LogP contribution is -2.20. The number of aryl methyl sites for hydroxylation is 1. The predicted molar refractivity (Wildman–Crippen MR) is 139 cm³/mol. The molecule has 1 saturated carbocycles. The van der Waals surface area contributed by atoms with Crippen LogP contribution in [0.4, 0.5) is 13.2 Å². The Morgan fingerprint density at radius 3 is 2.41 bits per heavy atom. The number of carboxylic acids is 1. The second-order valence-electron chi connectivity index (χ2n) is 9.94. The summed E-state index contributed by atoms with van der Waals surface area (Å²) < 4.78 is 50.8. The molecule has 1 heterocycles. The van der Waals surface area contributed by atoms with E-state index in [4.69, 9.17) is 21.1 Å². The second-order valence-corrected chi connectivity index (χ2v) is 10.3. The summed E-state index contributed by atoms with van der Waals surface area (Å²) >= 11 is 6.35. The van der Waals surface area contributed by atoms with Crippen LogP contribution >= 0.6 is 11.6 Å². The van der Waals surface area contributed by atoms with E-state index in [1.165, 1.54) is 6.07 Å². The molecular formula is C30H26ClF3O5. The molecule has 9 heteroatoms. The zero-order chi connectivity index (χ0) is 27.7. The minimum Gasteiger partial charge on any atom is -0.493 e. The minimum atomic E-state index is -4.36. The monoisotopic (exact) mass is 558 g/mol. The zero-order valence-electron chi connectivity index (χ0n) is 20.9. The quantitative estimate of drug-likeness (QED) is 0.268. The minimum absolute atomic E-state index is 0.0682. The molecule has 3 aromatic carbocycles. The highest BCUT2D eigenvalue weighted by Gasteiger charge is 2.34. The summed E-state index contributed by atoms with van der Waals surface area (Å²) in [6, 6.07) is 13.6. The van der Waals surface area contributed by atoms with Gasteiger partial charge in [0.15, 0.2) is 5.78 Å². The van der Waals surface area contributed by atoms with Gasteiger partial charge >= 0.3 is 12.1 Å². The smallest absolute Gasteiger partial charge is 0.416 e. The Morgan fingerprint density at radius 2 is 1.74 bits per heavy atom. The molecule has 1 fully saturated rings. The molecule has 0 saturated heterocycles. The molecule has 1 aliphatic carbocycles. The van der Waals surface area contributed by atoms with Crippen LogP contribution in [0.25, 0.3) is 0 Å². The van der Waals surface area contributed by atoms with Crippen LogP contribution in [0.3, 0.4) is 0 Å². The lowest BCUT2D eigenvalue weighted by Gasteiger charge is -2.24. The van der Waals surface area contributed by atoms with Gasteiger partial charge in [0.2, 0.25) is 0 Å². The molecule has 1 atom stereocenters. The molecule has 39 heavy (non-hydrogen) atoms. The summed E-state index contributed by atoms with van der Waals surface area (Å²) in [5.41, 5.74) is 2.01. The maximum atomic E-state index is 13.1. The van der Waals surface area contributed by atoms with Crippen molar-refractivity contribution in [2.24, 2.45) is 0 Å². The van der Waals surface area contributed by atoms with Crippen molar-refractivity contribution < 1.29 is 37.3 Å². The van der Waals surface area contributed by atoms with Crippen LogP contribution in [0.15, 0.2) is 54.6 Å². The summed E-state index contributed by atoms with van der Waals surface area (Å²) in [5, 5.41) is 9.69. The Hall–Kier alpha value is -3.52. The zero-order valence-corrected chi connectivity index (χ0v) is 21.6. The number of Topliss-reactive ketones (excluding diaryl/α,β-unsaturated/α-hetero) is 1. The molecule has 1 aliphatic heterocycles. The van der Waals surface area contributed by atoms with Crippen molar-refractivity contribution in [1.29, 1.82) is 0 Å². The largest absolute Gasteiger partial charge is 0.493 e. The Labute approximate surface area is 228 Å². The first-order valence-corrected chi connectivity index (χ1v) is 13.2. The number of rotatable bonds is 9. The van der Waals surface area contributed by atoms with Crippen LogP contribution in [-0.4, -0.2) is 23.5 Å². The molecule has 1 N–H and O–H groups in total. The number of fused-ring (bicyclic) bond motifs is 1. The highest BCUT2D eigenvalue weighted by molar-refractivity contribution is 6.32. The van der Waals surface area contributed by atoms with E-state index in [0.717, 1.165) is 30.0 Å². The second kappa shape index (κ2) is 10.9. The molecule has 0 spiro atoms. The maximum absolute atomic E-state index is 13.1. The molecule has 0 radical (unpaired) electrons. The number of alkyl halides is 3. The molecule has 204 valence electrons. The molecule has 1 unspecified atom stereocenters. The summed E-state index contributed by atoms with van der Waals surface area (Å²) in [6.07, 6.45) is -0.869. The number of halogens is 4. The van der Waals surface area contributed by atoms with E-state index < -0.39 is 23.6 Å². The van der Waals surface area contributed by atoms with Gasteiger partial charge in [0.25, 0.3) is 0 Å². The van der Waals surface area contributed by atoms with Crippen LogP contribution in [0.1, 0.15) is 76.6 Å². The number of hydrogen-bond acceptors (Lipinski definition) is 4. The van der Waals surface area contributed by atoms with Crippen molar-refractivity contribution in [3.63, 3.8) is 0 Å². The van der Waals surface area contributed by atoms with Gasteiger partial charge in [-0.3, -0.25) is 9.59 Å². The van der Waals surface area contributed by atoms with Gasteiger partial charge in [0, 0.05) is 23.6 Å². The van der Waals surface area contributed by atoms with Crippen LogP contribution < -0.4 is 9.47 Å². The summed E-state index contributed by atoms with van der Waals surface area (Å²) in [5.74, 6) is -0.350. The fourth-order valence-electron chi connectivity index (χ4n) is 4.92. The SMILES string of the molecule is O=C(CCCc1ccc(C(F)(F)F)cc1C1CC1)c1ccc(Oc2cc3c(cc2Cl)C(C(=O)O)CCO3)cc1. The summed E-state index contributed by atoms with van der Waals surface area (Å²) in [4.78, 5) is 24.3. The number of benzene rings is 3. The van der Waals surface area contributed by atoms with Crippen molar-refractivity contribution in [1.82, 2.24) is 0 Å². The van der Waals surface area contributed by atoms with Gasteiger partial charge in [-0.05, 0) is 91.6 Å². The van der Waals surface area contributed by atoms with Crippen molar-refractivity contribution in [2.75, 3.05) is 6.61 Å². The fourth-order valence-corrected chi connectivity index (χ4v) is 5.13. The highest BCUT2D eigenvalue weighted by Crippen LogP contribution is 2.44. The van der Waals surface area contributed by atoms with Crippen molar-refractivity contribution in [2.45, 2.75) is 56.5 Å². The van der Waals surface area contributed by atoms with Crippen LogP contribution in [0.5, 0.6) is 17.2 Å². The van der Waals surface area contributed by atoms with Crippen LogP contribution in [-0.2, 0) is 17.4 Å². The van der Waals surface area contributed by atoms with E-state index in [9.17, 15) is 27.9 Å². The molecule has 0 bridgehead atoms. The molecular weight excluding hydrogens is 533 g/mol. The summed E-state index contributed by atoms with van der Waals surface area (Å²) in [7, 11) is 0. The maximum Gasteiger partial charge on any atom is 0.416 e. The van der Waals surface area contributed by atoms with E-state index in [2.05, 4.69) is 0 Å². The molecule has 0 amide bonds. The van der Waals surface area contributed by atoms with E-state index in [-0.39, 0.29) is 29.8 Å². The third-order valence-corrected chi connectivity index (χ3v) is 7.44. The fraction of sp³-hybridized carbons (Fsp3) is 0.333. The topological polar surface area (TPSA) is 72.8 Å². The van der Waals surface area contributed by atoms with Gasteiger partial charge in [-0.2, -0.15) is 13.2 Å². The lowest BCUT2D eigenvalue weighted by molar-refractivity contribution is -0.139. The van der Waals surface area contributed by atoms with Gasteiger partial charge < -0.3 is 14.6 Å². The van der Waals surface area contributed by atoms with Crippen molar-refractivity contribution >= 4 is 23.4 Å². The number of carbonyl (C=O) groups is 2. The normalized spacial score (nSPS) is 16.8. The Balaban J connectivity index is 1.20. The molecule has 5 nitrogen and oxygen atoms in total. The third kappa shape index (κ3) is 6.22. The molecule has 3 aromatic rings. The van der Waals surface area contributed by atoms with E-state index in [1.807, 2.05) is 0 Å². The predicted octanol–water partition coefficient (Wildman–Crippen LogP) is 8.18. The number of ketones is 1. The first kappa shape index (κ1) is 27.1. The van der Waals surface area contributed by atoms with Gasteiger partial charge in [-0.1, -0.05) is 17.7 Å². The number of ether oxygens (including phenoxy) is 2. The van der Waals surface area contributed by atoms with E-state index >= 15 is 0 Å². The molecule has 2 aliphatic rings. The lowest BCUT2D eigenvalue weighted by atomic mass is 9.93. The number of aliphatic carboxylic acids is 1. The standard InChI is InChI=1S/C30H26ClF3O5/c31-25-15-24-22(29(36)37)12-13-38-27(24)16-28(25)39-21-10-7-19(8-11-21)26(35)3-1-2-17-6-9-20(30(32,33)34)14-23(17)18-4-5-18/h6-11,14-16,18,22H,1-5,12-13H2,(H,36,37). The van der Waals surface area contributed by atoms with Gasteiger partial charge in [0.1, 0.15) is 17.2 Å². The number of carboxylic acid groups (broad SMARTS) is 1. The number of carbonyl (C=O) groups excluding carboxylic acids is 1.